The van der Waals surface area contributed by atoms with Crippen LogP contribution in [-0.4, -0.2) is 40.8 Å². The Morgan fingerprint density at radius 2 is 1.69 bits per heavy atom. The largest absolute Gasteiger partial charge is 0.497 e. The summed E-state index contributed by atoms with van der Waals surface area (Å²) in [4.78, 5) is 12.6. The van der Waals surface area contributed by atoms with Gasteiger partial charge in [-0.25, -0.2) is 13.8 Å². The van der Waals surface area contributed by atoms with Crippen LogP contribution in [0.25, 0.3) is 0 Å². The summed E-state index contributed by atoms with van der Waals surface area (Å²) in [6.07, 6.45) is 1.40. The molecule has 0 saturated heterocycles. The van der Waals surface area contributed by atoms with Crippen molar-refractivity contribution in [3.63, 3.8) is 0 Å². The lowest BCUT2D eigenvalue weighted by Crippen LogP contribution is -2.39. The molecular formula is C24H21ClN4O5S. The molecule has 35 heavy (non-hydrogen) atoms. The number of hydrogen-bond acceptors (Lipinski definition) is 7. The van der Waals surface area contributed by atoms with E-state index in [1.165, 1.54) is 61.9 Å². The summed E-state index contributed by atoms with van der Waals surface area (Å²) < 4.78 is 37.9. The number of nitrogens with zero attached hydrogens (tertiary/aromatic N) is 3. The number of amides is 1. The molecule has 0 unspecified atom stereocenters. The van der Waals surface area contributed by atoms with Crippen molar-refractivity contribution in [3.8, 4) is 17.6 Å². The quantitative estimate of drug-likeness (QED) is 0.327. The number of sulfonamides is 1. The van der Waals surface area contributed by atoms with Crippen molar-refractivity contribution >= 4 is 39.4 Å². The fraction of sp³-hybridized carbons (Fsp3) is 0.125. The molecule has 0 aliphatic heterocycles. The third kappa shape index (κ3) is 6.96. The van der Waals surface area contributed by atoms with Crippen molar-refractivity contribution in [2.75, 3.05) is 24.6 Å². The van der Waals surface area contributed by atoms with Gasteiger partial charge in [0.05, 0.1) is 23.9 Å². The van der Waals surface area contributed by atoms with Crippen LogP contribution in [0.3, 0.4) is 0 Å². The number of hydrazone groups is 1. The van der Waals surface area contributed by atoms with Crippen molar-refractivity contribution in [2.45, 2.75) is 4.90 Å². The third-order valence-corrected chi connectivity index (χ3v) is 6.68. The molecule has 11 heteroatoms. The highest BCUT2D eigenvalue weighted by atomic mass is 35.5. The average Bonchev–Trinajstić information content (AvgIpc) is 2.87. The molecule has 1 N–H and O–H groups in total. The number of nitrogens with one attached hydrogen (secondary N) is 1. The highest BCUT2D eigenvalue weighted by Crippen LogP contribution is 2.26. The fourth-order valence-electron chi connectivity index (χ4n) is 2.91. The normalized spacial score (nSPS) is 11.0. The number of halogens is 1. The second-order valence-electron chi connectivity index (χ2n) is 6.97. The summed E-state index contributed by atoms with van der Waals surface area (Å²) in [6, 6.07) is 20.5. The summed E-state index contributed by atoms with van der Waals surface area (Å²) in [5, 5.41) is 12.9. The van der Waals surface area contributed by atoms with E-state index < -0.39 is 22.5 Å². The molecule has 3 aromatic rings. The first kappa shape index (κ1) is 25.6. The van der Waals surface area contributed by atoms with Gasteiger partial charge in [0, 0.05) is 5.02 Å². The highest BCUT2D eigenvalue weighted by molar-refractivity contribution is 7.92. The number of benzene rings is 3. The topological polar surface area (TPSA) is 121 Å². The molecule has 0 aliphatic rings. The Kier molecular flexibility index (Phi) is 8.67. The smallest absolute Gasteiger partial charge is 0.264 e. The number of carbonyl (C=O) groups is 1. The zero-order valence-electron chi connectivity index (χ0n) is 18.6. The summed E-state index contributed by atoms with van der Waals surface area (Å²) in [6.45, 7) is -0.582. The molecule has 0 heterocycles. The van der Waals surface area contributed by atoms with Crippen molar-refractivity contribution in [3.05, 3.63) is 83.4 Å². The summed E-state index contributed by atoms with van der Waals surface area (Å²) in [5.41, 5.74) is 3.26. The van der Waals surface area contributed by atoms with Gasteiger partial charge in [0.25, 0.3) is 15.9 Å². The Hall–Kier alpha value is -4.07. The Labute approximate surface area is 208 Å². The molecule has 0 aromatic heterocycles. The van der Waals surface area contributed by atoms with E-state index in [4.69, 9.17) is 26.3 Å². The Morgan fingerprint density at radius 3 is 2.29 bits per heavy atom. The van der Waals surface area contributed by atoms with Crippen LogP contribution in [-0.2, 0) is 14.8 Å². The number of carbonyl (C=O) groups excluding carboxylic acids is 1. The van der Waals surface area contributed by atoms with E-state index >= 15 is 0 Å². The molecule has 0 bridgehead atoms. The second kappa shape index (κ2) is 11.9. The van der Waals surface area contributed by atoms with Crippen LogP contribution in [0.1, 0.15) is 5.56 Å². The summed E-state index contributed by atoms with van der Waals surface area (Å²) in [5.74, 6) is 0.371. The van der Waals surface area contributed by atoms with E-state index in [1.807, 2.05) is 6.07 Å². The van der Waals surface area contributed by atoms with E-state index in [9.17, 15) is 13.2 Å². The van der Waals surface area contributed by atoms with Gasteiger partial charge < -0.3 is 9.47 Å². The zero-order chi connectivity index (χ0) is 25.3. The number of methoxy groups -OCH3 is 1. The number of ether oxygens (including phenoxy) is 2. The lowest BCUT2D eigenvalue weighted by Gasteiger charge is -2.23. The Bertz CT molecular complexity index is 1320. The first-order chi connectivity index (χ1) is 16.8. The minimum atomic E-state index is -4.09. The third-order valence-electron chi connectivity index (χ3n) is 4.64. The van der Waals surface area contributed by atoms with Crippen LogP contribution in [0.15, 0.2) is 82.8 Å². The predicted molar refractivity (Wildman–Crippen MR) is 132 cm³/mol. The minimum absolute atomic E-state index is 0.0109. The molecule has 1 amide bonds. The SMILES string of the molecule is COc1ccc(S(=O)(=O)N(CC(=O)N/N=C/c2ccc(OCC#N)cc2)c2ccc(Cl)cc2)cc1. The molecular weight excluding hydrogens is 492 g/mol. The van der Waals surface area contributed by atoms with Gasteiger partial charge in [-0.2, -0.15) is 10.4 Å². The molecule has 180 valence electrons. The van der Waals surface area contributed by atoms with E-state index in [0.29, 0.717) is 22.1 Å². The van der Waals surface area contributed by atoms with E-state index in [0.717, 1.165) is 4.31 Å². The van der Waals surface area contributed by atoms with Crippen LogP contribution >= 0.6 is 11.6 Å². The number of rotatable bonds is 10. The predicted octanol–water partition coefficient (Wildman–Crippen LogP) is 3.60. The lowest BCUT2D eigenvalue weighted by molar-refractivity contribution is -0.119. The van der Waals surface area contributed by atoms with Crippen LogP contribution in [0.5, 0.6) is 11.5 Å². The van der Waals surface area contributed by atoms with Crippen LogP contribution in [0.2, 0.25) is 5.02 Å². The van der Waals surface area contributed by atoms with Crippen LogP contribution in [0.4, 0.5) is 5.69 Å². The summed E-state index contributed by atoms with van der Waals surface area (Å²) >= 11 is 5.95. The number of hydrogen-bond donors (Lipinski definition) is 1. The van der Waals surface area contributed by atoms with Crippen molar-refractivity contribution in [1.29, 1.82) is 5.26 Å². The minimum Gasteiger partial charge on any atom is -0.497 e. The second-order valence-corrected chi connectivity index (χ2v) is 9.27. The monoisotopic (exact) mass is 512 g/mol. The lowest BCUT2D eigenvalue weighted by atomic mass is 10.2. The summed E-state index contributed by atoms with van der Waals surface area (Å²) in [7, 11) is -2.61. The van der Waals surface area contributed by atoms with Gasteiger partial charge in [-0.3, -0.25) is 9.10 Å². The maximum Gasteiger partial charge on any atom is 0.264 e. The van der Waals surface area contributed by atoms with Crippen LogP contribution in [0, 0.1) is 11.3 Å². The van der Waals surface area contributed by atoms with Gasteiger partial charge in [-0.05, 0) is 78.4 Å². The first-order valence-corrected chi connectivity index (χ1v) is 12.0. The molecule has 0 aliphatic carbocycles. The van der Waals surface area contributed by atoms with E-state index in [-0.39, 0.29) is 17.2 Å². The molecule has 0 saturated carbocycles. The van der Waals surface area contributed by atoms with Gasteiger partial charge in [0.15, 0.2) is 6.61 Å². The average molecular weight is 513 g/mol. The molecule has 3 rings (SSSR count). The van der Waals surface area contributed by atoms with Gasteiger partial charge in [0.1, 0.15) is 24.1 Å². The van der Waals surface area contributed by atoms with Gasteiger partial charge in [-0.15, -0.1) is 0 Å². The van der Waals surface area contributed by atoms with Gasteiger partial charge in [-0.1, -0.05) is 11.6 Å². The maximum absolute atomic E-state index is 13.4. The van der Waals surface area contributed by atoms with Crippen molar-refractivity contribution in [1.82, 2.24) is 5.43 Å². The Balaban J connectivity index is 1.76. The van der Waals surface area contributed by atoms with Crippen molar-refractivity contribution < 1.29 is 22.7 Å². The molecule has 0 spiro atoms. The standard InChI is InChI=1S/C24H21ClN4O5S/c1-33-21-10-12-23(13-11-21)35(31,32)29(20-6-4-19(25)5-7-20)17-24(30)28-27-16-18-2-8-22(9-3-18)34-15-14-26/h2-13,16H,15,17H2,1H3,(H,28,30)/b27-16+. The highest BCUT2D eigenvalue weighted by Gasteiger charge is 2.27. The fourth-order valence-corrected chi connectivity index (χ4v) is 4.45. The molecule has 0 fully saturated rings. The Morgan fingerprint density at radius 1 is 1.06 bits per heavy atom. The first-order valence-electron chi connectivity index (χ1n) is 10.2. The van der Waals surface area contributed by atoms with E-state index in [2.05, 4.69) is 10.5 Å². The molecule has 3 aromatic carbocycles. The molecule has 0 atom stereocenters. The molecule has 9 nitrogen and oxygen atoms in total. The van der Waals surface area contributed by atoms with Crippen molar-refractivity contribution in [2.24, 2.45) is 5.10 Å². The zero-order valence-corrected chi connectivity index (χ0v) is 20.2. The number of anilines is 1. The van der Waals surface area contributed by atoms with Gasteiger partial charge in [0.2, 0.25) is 0 Å². The maximum atomic E-state index is 13.4. The molecule has 0 radical (unpaired) electrons. The van der Waals surface area contributed by atoms with Gasteiger partial charge >= 0.3 is 0 Å². The van der Waals surface area contributed by atoms with Crippen LogP contribution < -0.4 is 19.2 Å². The number of nitriles is 1. The van der Waals surface area contributed by atoms with E-state index in [1.54, 1.807) is 24.3 Å².